The molecule has 3 N–H and O–H groups in total. The second-order valence-corrected chi connectivity index (χ2v) is 4.47. The summed E-state index contributed by atoms with van der Waals surface area (Å²) in [6.45, 7) is 5.04. The molecular weight excluding hydrogens is 222 g/mol. The molecule has 0 radical (unpaired) electrons. The molecule has 1 aliphatic heterocycles. The van der Waals surface area contributed by atoms with Gasteiger partial charge in [0, 0.05) is 12.0 Å². The number of imide groups is 1. The molecule has 0 aliphatic carbocycles. The first kappa shape index (κ1) is 13.6. The number of amides is 3. The Morgan fingerprint density at radius 1 is 1.12 bits per heavy atom. The SMILES string of the molecule is CC(C)NC(=O)C(=O)NC(=O)C1CCNCC1. The number of rotatable bonds is 2. The van der Waals surface area contributed by atoms with Gasteiger partial charge in [0.2, 0.25) is 5.91 Å². The minimum Gasteiger partial charge on any atom is -0.346 e. The zero-order chi connectivity index (χ0) is 12.8. The average Bonchev–Trinajstić information content (AvgIpc) is 2.29. The number of piperidine rings is 1. The van der Waals surface area contributed by atoms with Gasteiger partial charge in [-0.3, -0.25) is 19.7 Å². The van der Waals surface area contributed by atoms with Gasteiger partial charge in [-0.15, -0.1) is 0 Å². The van der Waals surface area contributed by atoms with Crippen LogP contribution in [0, 0.1) is 5.92 Å². The van der Waals surface area contributed by atoms with Crippen LogP contribution in [0.3, 0.4) is 0 Å². The van der Waals surface area contributed by atoms with Gasteiger partial charge >= 0.3 is 11.8 Å². The molecule has 0 aromatic carbocycles. The lowest BCUT2D eigenvalue weighted by Crippen LogP contribution is -2.47. The molecule has 0 saturated carbocycles. The molecule has 1 saturated heterocycles. The summed E-state index contributed by atoms with van der Waals surface area (Å²) in [4.78, 5) is 34.3. The second kappa shape index (κ2) is 6.34. The standard InChI is InChI=1S/C11H19N3O3/c1-7(2)13-10(16)11(17)14-9(15)8-3-5-12-6-4-8/h7-8,12H,3-6H2,1-2H3,(H,13,16)(H,14,15,17). The highest BCUT2D eigenvalue weighted by atomic mass is 16.2. The van der Waals surface area contributed by atoms with Crippen LogP contribution in [-0.4, -0.2) is 36.9 Å². The molecule has 96 valence electrons. The molecule has 6 heteroatoms. The van der Waals surface area contributed by atoms with E-state index in [4.69, 9.17) is 0 Å². The van der Waals surface area contributed by atoms with Crippen molar-refractivity contribution in [3.8, 4) is 0 Å². The maximum absolute atomic E-state index is 11.7. The van der Waals surface area contributed by atoms with E-state index in [1.54, 1.807) is 13.8 Å². The molecule has 0 aromatic rings. The van der Waals surface area contributed by atoms with Crippen molar-refractivity contribution >= 4 is 17.7 Å². The van der Waals surface area contributed by atoms with Crippen molar-refractivity contribution in [1.29, 1.82) is 0 Å². The van der Waals surface area contributed by atoms with Crippen molar-refractivity contribution in [3.05, 3.63) is 0 Å². The lowest BCUT2D eigenvalue weighted by Gasteiger charge is -2.21. The van der Waals surface area contributed by atoms with Crippen molar-refractivity contribution in [3.63, 3.8) is 0 Å². The molecule has 0 aromatic heterocycles. The minimum absolute atomic E-state index is 0.123. The van der Waals surface area contributed by atoms with Crippen LogP contribution in [0.1, 0.15) is 26.7 Å². The number of nitrogens with one attached hydrogen (secondary N) is 3. The number of carbonyl (C=O) groups excluding carboxylic acids is 3. The van der Waals surface area contributed by atoms with Crippen LogP contribution in [-0.2, 0) is 14.4 Å². The first-order chi connectivity index (χ1) is 8.00. The second-order valence-electron chi connectivity index (χ2n) is 4.47. The van der Waals surface area contributed by atoms with Gasteiger partial charge in [-0.1, -0.05) is 0 Å². The van der Waals surface area contributed by atoms with Crippen LogP contribution in [0.25, 0.3) is 0 Å². The normalized spacial score (nSPS) is 16.6. The molecule has 1 fully saturated rings. The topological polar surface area (TPSA) is 87.3 Å². The van der Waals surface area contributed by atoms with Gasteiger partial charge in [-0.2, -0.15) is 0 Å². The van der Waals surface area contributed by atoms with E-state index in [-0.39, 0.29) is 17.9 Å². The third-order valence-corrected chi connectivity index (χ3v) is 2.57. The van der Waals surface area contributed by atoms with Gasteiger partial charge in [0.25, 0.3) is 0 Å². The van der Waals surface area contributed by atoms with E-state index in [0.717, 1.165) is 13.1 Å². The summed E-state index contributed by atoms with van der Waals surface area (Å²) in [5.41, 5.74) is 0. The highest BCUT2D eigenvalue weighted by molar-refractivity contribution is 6.37. The van der Waals surface area contributed by atoms with Gasteiger partial charge in [0.15, 0.2) is 0 Å². The number of hydrogen-bond donors (Lipinski definition) is 3. The van der Waals surface area contributed by atoms with E-state index >= 15 is 0 Å². The Morgan fingerprint density at radius 3 is 2.24 bits per heavy atom. The van der Waals surface area contributed by atoms with Gasteiger partial charge in [-0.25, -0.2) is 0 Å². The maximum atomic E-state index is 11.7. The fraction of sp³-hybridized carbons (Fsp3) is 0.727. The smallest absolute Gasteiger partial charge is 0.315 e. The van der Waals surface area contributed by atoms with Crippen LogP contribution in [0.15, 0.2) is 0 Å². The van der Waals surface area contributed by atoms with E-state index < -0.39 is 11.8 Å². The summed E-state index contributed by atoms with van der Waals surface area (Å²) in [6.07, 6.45) is 1.40. The summed E-state index contributed by atoms with van der Waals surface area (Å²) in [7, 11) is 0. The van der Waals surface area contributed by atoms with Crippen molar-refractivity contribution in [2.75, 3.05) is 13.1 Å². The number of hydrogen-bond acceptors (Lipinski definition) is 4. The van der Waals surface area contributed by atoms with Crippen molar-refractivity contribution < 1.29 is 14.4 Å². The first-order valence-electron chi connectivity index (χ1n) is 5.87. The lowest BCUT2D eigenvalue weighted by molar-refractivity contribution is -0.143. The lowest BCUT2D eigenvalue weighted by atomic mass is 9.97. The maximum Gasteiger partial charge on any atom is 0.315 e. The Kier molecular flexibility index (Phi) is 5.09. The van der Waals surface area contributed by atoms with E-state index in [1.165, 1.54) is 0 Å². The van der Waals surface area contributed by atoms with Crippen LogP contribution in [0.2, 0.25) is 0 Å². The summed E-state index contributed by atoms with van der Waals surface area (Å²) >= 11 is 0. The predicted molar refractivity (Wildman–Crippen MR) is 62.0 cm³/mol. The van der Waals surface area contributed by atoms with Gasteiger partial charge < -0.3 is 10.6 Å². The monoisotopic (exact) mass is 241 g/mol. The Bertz CT molecular complexity index is 309. The molecule has 0 spiro atoms. The molecule has 0 unspecified atom stereocenters. The Morgan fingerprint density at radius 2 is 1.71 bits per heavy atom. The van der Waals surface area contributed by atoms with Gasteiger partial charge in [-0.05, 0) is 39.8 Å². The van der Waals surface area contributed by atoms with E-state index in [9.17, 15) is 14.4 Å². The van der Waals surface area contributed by atoms with E-state index in [2.05, 4.69) is 16.0 Å². The van der Waals surface area contributed by atoms with Crippen molar-refractivity contribution in [1.82, 2.24) is 16.0 Å². The molecule has 6 nitrogen and oxygen atoms in total. The molecular formula is C11H19N3O3. The van der Waals surface area contributed by atoms with Gasteiger partial charge in [0.05, 0.1) is 0 Å². The first-order valence-corrected chi connectivity index (χ1v) is 5.87. The van der Waals surface area contributed by atoms with Gasteiger partial charge in [0.1, 0.15) is 0 Å². The van der Waals surface area contributed by atoms with Crippen molar-refractivity contribution in [2.45, 2.75) is 32.7 Å². The van der Waals surface area contributed by atoms with Crippen LogP contribution in [0.4, 0.5) is 0 Å². The fourth-order valence-corrected chi connectivity index (χ4v) is 1.68. The fourth-order valence-electron chi connectivity index (χ4n) is 1.68. The Hall–Kier alpha value is -1.43. The molecule has 3 amide bonds. The molecule has 0 bridgehead atoms. The minimum atomic E-state index is -0.873. The highest BCUT2D eigenvalue weighted by Crippen LogP contribution is 2.10. The molecule has 1 heterocycles. The predicted octanol–water partition coefficient (Wildman–Crippen LogP) is -0.847. The quantitative estimate of drug-likeness (QED) is 0.550. The average molecular weight is 241 g/mol. The third kappa shape index (κ3) is 4.52. The van der Waals surface area contributed by atoms with E-state index in [0.29, 0.717) is 12.8 Å². The number of carbonyl (C=O) groups is 3. The molecule has 1 aliphatic rings. The summed E-state index contributed by atoms with van der Waals surface area (Å²) in [5, 5.41) is 7.70. The Balaban J connectivity index is 2.39. The largest absolute Gasteiger partial charge is 0.346 e. The molecule has 0 atom stereocenters. The molecule has 1 rings (SSSR count). The third-order valence-electron chi connectivity index (χ3n) is 2.57. The zero-order valence-electron chi connectivity index (χ0n) is 10.2. The Labute approximate surface area is 101 Å². The summed E-state index contributed by atoms with van der Waals surface area (Å²) in [5.74, 6) is -2.16. The van der Waals surface area contributed by atoms with Crippen LogP contribution >= 0.6 is 0 Å². The van der Waals surface area contributed by atoms with Crippen LogP contribution < -0.4 is 16.0 Å². The van der Waals surface area contributed by atoms with Crippen molar-refractivity contribution in [2.24, 2.45) is 5.92 Å². The molecule has 17 heavy (non-hydrogen) atoms. The zero-order valence-corrected chi connectivity index (χ0v) is 10.2. The van der Waals surface area contributed by atoms with Crippen LogP contribution in [0.5, 0.6) is 0 Å². The highest BCUT2D eigenvalue weighted by Gasteiger charge is 2.24. The summed E-state index contributed by atoms with van der Waals surface area (Å²) < 4.78 is 0. The van der Waals surface area contributed by atoms with E-state index in [1.807, 2.05) is 0 Å². The summed E-state index contributed by atoms with van der Waals surface area (Å²) in [6, 6.07) is -0.123.